The molecule has 0 spiro atoms. The summed E-state index contributed by atoms with van der Waals surface area (Å²) in [6.45, 7) is 2.77. The lowest BCUT2D eigenvalue weighted by Gasteiger charge is -2.13. The number of amides is 1. The van der Waals surface area contributed by atoms with Crippen LogP contribution in [-0.2, 0) is 19.5 Å². The van der Waals surface area contributed by atoms with E-state index in [4.69, 9.17) is 17.3 Å². The second kappa shape index (κ2) is 8.94. The first kappa shape index (κ1) is 20.5. The second-order valence-electron chi connectivity index (χ2n) is 7.93. The fourth-order valence-electron chi connectivity index (χ4n) is 3.68. The Labute approximate surface area is 181 Å². The maximum atomic E-state index is 12.9. The highest BCUT2D eigenvalue weighted by Crippen LogP contribution is 2.35. The molecule has 3 N–H and O–H groups in total. The predicted octanol–water partition coefficient (Wildman–Crippen LogP) is 4.45. The number of rotatable bonds is 7. The van der Waals surface area contributed by atoms with Gasteiger partial charge in [0, 0.05) is 29.2 Å². The first-order chi connectivity index (χ1) is 14.5. The Balaban J connectivity index is 1.56. The van der Waals surface area contributed by atoms with Crippen molar-refractivity contribution in [1.82, 2.24) is 15.5 Å². The minimum absolute atomic E-state index is 0.131. The summed E-state index contributed by atoms with van der Waals surface area (Å²) < 4.78 is 0. The number of hydrogen-bond donors (Lipinski definition) is 2. The van der Waals surface area contributed by atoms with Crippen LogP contribution < -0.4 is 11.1 Å². The molecule has 4 rings (SSSR count). The van der Waals surface area contributed by atoms with Gasteiger partial charge in [0.15, 0.2) is 0 Å². The average Bonchev–Trinajstić information content (AvgIpc) is 3.56. The first-order valence-corrected chi connectivity index (χ1v) is 10.6. The molecule has 1 heterocycles. The molecule has 30 heavy (non-hydrogen) atoms. The van der Waals surface area contributed by atoms with E-state index in [-0.39, 0.29) is 5.91 Å². The van der Waals surface area contributed by atoms with Crippen LogP contribution in [-0.4, -0.2) is 16.1 Å². The first-order valence-electron chi connectivity index (χ1n) is 10.2. The summed E-state index contributed by atoms with van der Waals surface area (Å²) in [5.74, 6) is 0.580. The maximum absolute atomic E-state index is 12.9. The molecule has 1 fully saturated rings. The van der Waals surface area contributed by atoms with Gasteiger partial charge in [-0.1, -0.05) is 23.7 Å². The molecular formula is C24H25ClN4O. The molecule has 5 nitrogen and oxygen atoms in total. The highest BCUT2D eigenvalue weighted by molar-refractivity contribution is 6.30. The summed E-state index contributed by atoms with van der Waals surface area (Å²) in [4.78, 5) is 12.9. The van der Waals surface area contributed by atoms with Crippen LogP contribution >= 0.6 is 11.6 Å². The van der Waals surface area contributed by atoms with Gasteiger partial charge in [0.2, 0.25) is 0 Å². The van der Waals surface area contributed by atoms with E-state index in [1.54, 1.807) is 6.20 Å². The van der Waals surface area contributed by atoms with Crippen molar-refractivity contribution < 1.29 is 4.79 Å². The fourth-order valence-corrected chi connectivity index (χ4v) is 3.87. The van der Waals surface area contributed by atoms with Gasteiger partial charge in [0.1, 0.15) is 0 Å². The summed E-state index contributed by atoms with van der Waals surface area (Å²) >= 11 is 6.11. The number of nitrogens with zero attached hydrogens (tertiary/aromatic N) is 2. The van der Waals surface area contributed by atoms with Crippen molar-refractivity contribution in [3.63, 3.8) is 0 Å². The third-order valence-corrected chi connectivity index (χ3v) is 5.69. The zero-order valence-corrected chi connectivity index (χ0v) is 17.7. The van der Waals surface area contributed by atoms with E-state index in [1.807, 2.05) is 43.3 Å². The van der Waals surface area contributed by atoms with Crippen LogP contribution in [0.4, 0.5) is 0 Å². The molecule has 3 aromatic rings. The van der Waals surface area contributed by atoms with Gasteiger partial charge in [0.05, 0.1) is 11.9 Å². The van der Waals surface area contributed by atoms with Crippen molar-refractivity contribution in [2.75, 3.05) is 0 Å². The predicted molar refractivity (Wildman–Crippen MR) is 119 cm³/mol. The fraction of sp³-hybridized carbons (Fsp3) is 0.292. The van der Waals surface area contributed by atoms with E-state index in [9.17, 15) is 4.79 Å². The normalized spacial score (nSPS) is 13.3. The molecule has 2 aromatic carbocycles. The van der Waals surface area contributed by atoms with Gasteiger partial charge in [-0.25, -0.2) is 0 Å². The second-order valence-corrected chi connectivity index (χ2v) is 8.36. The molecule has 0 aliphatic heterocycles. The van der Waals surface area contributed by atoms with Crippen LogP contribution in [0.5, 0.6) is 0 Å². The van der Waals surface area contributed by atoms with Gasteiger partial charge < -0.3 is 11.1 Å². The number of aryl methyl sites for hydroxylation is 1. The largest absolute Gasteiger partial charge is 0.348 e. The van der Waals surface area contributed by atoms with Crippen molar-refractivity contribution >= 4 is 17.5 Å². The zero-order valence-electron chi connectivity index (χ0n) is 17.0. The number of benzene rings is 2. The zero-order chi connectivity index (χ0) is 21.1. The Hall–Kier alpha value is -2.76. The number of carbonyl (C=O) groups is 1. The van der Waals surface area contributed by atoms with Crippen LogP contribution in [0.15, 0.2) is 48.7 Å². The Morgan fingerprint density at radius 2 is 2.00 bits per heavy atom. The smallest absolute Gasteiger partial charge is 0.251 e. The molecule has 0 bridgehead atoms. The van der Waals surface area contributed by atoms with Crippen molar-refractivity contribution in [2.45, 2.75) is 39.3 Å². The highest BCUT2D eigenvalue weighted by Gasteiger charge is 2.24. The summed E-state index contributed by atoms with van der Waals surface area (Å²) in [7, 11) is 0. The quantitative estimate of drug-likeness (QED) is 0.591. The maximum Gasteiger partial charge on any atom is 0.251 e. The Morgan fingerprint density at radius 1 is 1.17 bits per heavy atom. The number of nitrogens with one attached hydrogen (secondary N) is 1. The van der Waals surface area contributed by atoms with Crippen molar-refractivity contribution in [3.8, 4) is 11.1 Å². The van der Waals surface area contributed by atoms with Gasteiger partial charge in [-0.3, -0.25) is 4.79 Å². The lowest BCUT2D eigenvalue weighted by Crippen LogP contribution is -2.24. The topological polar surface area (TPSA) is 80.9 Å². The number of carbonyl (C=O) groups excluding carboxylic acids is 1. The summed E-state index contributed by atoms with van der Waals surface area (Å²) in [5, 5.41) is 12.1. The van der Waals surface area contributed by atoms with Crippen LogP contribution in [0.3, 0.4) is 0 Å². The number of halogens is 1. The van der Waals surface area contributed by atoms with E-state index >= 15 is 0 Å². The van der Waals surface area contributed by atoms with E-state index in [0.717, 1.165) is 39.9 Å². The van der Waals surface area contributed by atoms with E-state index in [2.05, 4.69) is 21.6 Å². The lowest BCUT2D eigenvalue weighted by molar-refractivity contribution is 0.0951. The van der Waals surface area contributed by atoms with E-state index in [1.165, 1.54) is 12.8 Å². The summed E-state index contributed by atoms with van der Waals surface area (Å²) in [6, 6.07) is 13.5. The molecule has 0 radical (unpaired) electrons. The average molecular weight is 421 g/mol. The number of hydrogen-bond acceptors (Lipinski definition) is 4. The molecule has 0 atom stereocenters. The van der Waals surface area contributed by atoms with E-state index < -0.39 is 0 Å². The van der Waals surface area contributed by atoms with Gasteiger partial charge in [-0.05, 0) is 84.7 Å². The number of nitrogens with two attached hydrogens (primary N) is 1. The van der Waals surface area contributed by atoms with Crippen molar-refractivity contribution in [3.05, 3.63) is 81.6 Å². The minimum atomic E-state index is -0.131. The minimum Gasteiger partial charge on any atom is -0.348 e. The Kier molecular flexibility index (Phi) is 6.11. The molecule has 0 unspecified atom stereocenters. The van der Waals surface area contributed by atoms with Gasteiger partial charge >= 0.3 is 0 Å². The van der Waals surface area contributed by atoms with Crippen LogP contribution in [0, 0.1) is 12.8 Å². The van der Waals surface area contributed by atoms with Crippen molar-refractivity contribution in [2.24, 2.45) is 11.7 Å². The van der Waals surface area contributed by atoms with Gasteiger partial charge in [-0.15, -0.1) is 0 Å². The van der Waals surface area contributed by atoms with E-state index in [0.29, 0.717) is 29.6 Å². The summed E-state index contributed by atoms with van der Waals surface area (Å²) in [5.41, 5.74) is 12.4. The third-order valence-electron chi connectivity index (χ3n) is 5.45. The SMILES string of the molecule is Cc1cc(C(=O)NCc2cc(Cl)ccc2CN)cc(-c2ccnnc2CC2CC2)c1. The van der Waals surface area contributed by atoms with Gasteiger partial charge in [0.25, 0.3) is 5.91 Å². The molecule has 1 aromatic heterocycles. The monoisotopic (exact) mass is 420 g/mol. The van der Waals surface area contributed by atoms with Crippen LogP contribution in [0.2, 0.25) is 5.02 Å². The van der Waals surface area contributed by atoms with Gasteiger partial charge in [-0.2, -0.15) is 10.2 Å². The molecule has 1 saturated carbocycles. The summed E-state index contributed by atoms with van der Waals surface area (Å²) in [6.07, 6.45) is 5.16. The highest BCUT2D eigenvalue weighted by atomic mass is 35.5. The molecule has 6 heteroatoms. The molecular weight excluding hydrogens is 396 g/mol. The standard InChI is InChI=1S/C24H25ClN4O/c1-15-8-18(22-6-7-28-29-23(22)10-16-2-3-16)11-19(9-15)24(30)27-14-20-12-21(25)5-4-17(20)13-26/h4-9,11-12,16H,2-3,10,13-14,26H2,1H3,(H,27,30). The molecule has 1 aliphatic carbocycles. The number of aromatic nitrogens is 2. The van der Waals surface area contributed by atoms with Crippen LogP contribution in [0.25, 0.3) is 11.1 Å². The lowest BCUT2D eigenvalue weighted by atomic mass is 9.97. The third kappa shape index (κ3) is 4.86. The molecule has 154 valence electrons. The Morgan fingerprint density at radius 3 is 2.77 bits per heavy atom. The van der Waals surface area contributed by atoms with Crippen LogP contribution in [0.1, 0.15) is 45.6 Å². The Bertz CT molecular complexity index is 1080. The molecule has 1 amide bonds. The molecule has 0 saturated heterocycles. The van der Waals surface area contributed by atoms with Crippen molar-refractivity contribution in [1.29, 1.82) is 0 Å². The molecule has 1 aliphatic rings.